The van der Waals surface area contributed by atoms with Crippen LogP contribution in [0.4, 0.5) is 4.39 Å². The van der Waals surface area contributed by atoms with Crippen LogP contribution in [0.2, 0.25) is 0 Å². The number of amides is 1. The van der Waals surface area contributed by atoms with Gasteiger partial charge in [0.25, 0.3) is 0 Å². The number of hydrogen-bond acceptors (Lipinski definition) is 1. The van der Waals surface area contributed by atoms with Gasteiger partial charge in [0, 0.05) is 0 Å². The Bertz CT molecular complexity index is 607. The standard InChI is InChI=1S/C18H20FNO/c1-3-17(14-10-8-13(2)9-11-14)20-18(21)12-15-6-4-5-7-16(15)19/h4-11,17H,3,12H2,1-2H3,(H,20,21)/t17-/m1/s1. The molecule has 1 N–H and O–H groups in total. The average molecular weight is 285 g/mol. The second kappa shape index (κ2) is 7.02. The first-order chi connectivity index (χ1) is 10.1. The van der Waals surface area contributed by atoms with Crippen LogP contribution in [0.15, 0.2) is 48.5 Å². The molecular weight excluding hydrogens is 265 g/mol. The van der Waals surface area contributed by atoms with Gasteiger partial charge in [0.2, 0.25) is 5.91 Å². The molecule has 0 radical (unpaired) electrons. The SMILES string of the molecule is CC[C@@H](NC(=O)Cc1ccccc1F)c1ccc(C)cc1. The Balaban J connectivity index is 2.03. The summed E-state index contributed by atoms with van der Waals surface area (Å²) in [6.07, 6.45) is 0.862. The summed E-state index contributed by atoms with van der Waals surface area (Å²) in [5.41, 5.74) is 2.69. The van der Waals surface area contributed by atoms with E-state index in [0.29, 0.717) is 5.56 Å². The van der Waals surface area contributed by atoms with Gasteiger partial charge in [-0.2, -0.15) is 0 Å². The van der Waals surface area contributed by atoms with E-state index in [4.69, 9.17) is 0 Å². The Kier molecular flexibility index (Phi) is 5.09. The minimum absolute atomic E-state index is 0.0372. The van der Waals surface area contributed by atoms with Crippen molar-refractivity contribution in [3.8, 4) is 0 Å². The lowest BCUT2D eigenvalue weighted by atomic mass is 10.0. The molecule has 0 aromatic heterocycles. The van der Waals surface area contributed by atoms with Crippen LogP contribution in [0, 0.1) is 12.7 Å². The van der Waals surface area contributed by atoms with E-state index in [0.717, 1.165) is 12.0 Å². The quantitative estimate of drug-likeness (QED) is 0.885. The topological polar surface area (TPSA) is 29.1 Å². The third kappa shape index (κ3) is 4.15. The highest BCUT2D eigenvalue weighted by Gasteiger charge is 2.14. The fourth-order valence-electron chi connectivity index (χ4n) is 2.28. The highest BCUT2D eigenvalue weighted by molar-refractivity contribution is 5.79. The number of carbonyl (C=O) groups excluding carboxylic acids is 1. The lowest BCUT2D eigenvalue weighted by molar-refractivity contribution is -0.121. The van der Waals surface area contributed by atoms with Crippen LogP contribution in [-0.2, 0) is 11.2 Å². The van der Waals surface area contributed by atoms with Gasteiger partial charge in [0.05, 0.1) is 12.5 Å². The molecular formula is C18H20FNO. The van der Waals surface area contributed by atoms with Gasteiger partial charge < -0.3 is 5.32 Å². The molecule has 110 valence electrons. The summed E-state index contributed by atoms with van der Waals surface area (Å²) in [5, 5.41) is 2.97. The van der Waals surface area contributed by atoms with E-state index in [-0.39, 0.29) is 24.2 Å². The van der Waals surface area contributed by atoms with Crippen LogP contribution in [0.5, 0.6) is 0 Å². The molecule has 1 atom stereocenters. The van der Waals surface area contributed by atoms with Crippen molar-refractivity contribution in [1.82, 2.24) is 5.32 Å². The van der Waals surface area contributed by atoms with Crippen molar-refractivity contribution >= 4 is 5.91 Å². The average Bonchev–Trinajstić information content (AvgIpc) is 2.48. The van der Waals surface area contributed by atoms with Crippen LogP contribution in [0.1, 0.15) is 36.1 Å². The molecule has 0 fully saturated rings. The predicted octanol–water partition coefficient (Wildman–Crippen LogP) is 3.94. The number of halogens is 1. The number of carbonyl (C=O) groups is 1. The summed E-state index contributed by atoms with van der Waals surface area (Å²) in [5.74, 6) is -0.497. The molecule has 0 saturated carbocycles. The second-order valence-electron chi connectivity index (χ2n) is 5.21. The molecule has 21 heavy (non-hydrogen) atoms. The van der Waals surface area contributed by atoms with Crippen molar-refractivity contribution in [2.75, 3.05) is 0 Å². The first kappa shape index (κ1) is 15.2. The van der Waals surface area contributed by atoms with E-state index in [9.17, 15) is 9.18 Å². The minimum Gasteiger partial charge on any atom is -0.349 e. The molecule has 0 bridgehead atoms. The van der Waals surface area contributed by atoms with Crippen molar-refractivity contribution in [2.24, 2.45) is 0 Å². The van der Waals surface area contributed by atoms with Gasteiger partial charge in [-0.1, -0.05) is 55.0 Å². The fraction of sp³-hybridized carbons (Fsp3) is 0.278. The van der Waals surface area contributed by atoms with Crippen LogP contribution < -0.4 is 5.32 Å². The van der Waals surface area contributed by atoms with E-state index in [1.807, 2.05) is 38.1 Å². The number of nitrogens with one attached hydrogen (secondary N) is 1. The summed E-state index contributed by atoms with van der Waals surface area (Å²) in [6.45, 7) is 4.05. The van der Waals surface area contributed by atoms with Gasteiger partial charge in [0.1, 0.15) is 5.82 Å². The summed E-state index contributed by atoms with van der Waals surface area (Å²) < 4.78 is 13.6. The molecule has 0 aliphatic carbocycles. The van der Waals surface area contributed by atoms with Crippen LogP contribution in [0.25, 0.3) is 0 Å². The monoisotopic (exact) mass is 285 g/mol. The molecule has 2 aromatic rings. The second-order valence-corrected chi connectivity index (χ2v) is 5.21. The molecule has 2 nitrogen and oxygen atoms in total. The van der Waals surface area contributed by atoms with E-state index < -0.39 is 0 Å². The Labute approximate surface area is 125 Å². The molecule has 0 saturated heterocycles. The predicted molar refractivity (Wildman–Crippen MR) is 82.5 cm³/mol. The number of aryl methyl sites for hydroxylation is 1. The molecule has 1 amide bonds. The van der Waals surface area contributed by atoms with Gasteiger partial charge in [-0.15, -0.1) is 0 Å². The van der Waals surface area contributed by atoms with E-state index in [1.54, 1.807) is 18.2 Å². The van der Waals surface area contributed by atoms with Crippen molar-refractivity contribution < 1.29 is 9.18 Å². The molecule has 0 unspecified atom stereocenters. The first-order valence-electron chi connectivity index (χ1n) is 7.19. The van der Waals surface area contributed by atoms with Crippen molar-refractivity contribution in [3.63, 3.8) is 0 Å². The molecule has 2 aromatic carbocycles. The maximum Gasteiger partial charge on any atom is 0.225 e. The maximum atomic E-state index is 13.6. The Hall–Kier alpha value is -2.16. The first-order valence-corrected chi connectivity index (χ1v) is 7.19. The van der Waals surface area contributed by atoms with Gasteiger partial charge in [-0.3, -0.25) is 4.79 Å². The molecule has 0 aliphatic rings. The summed E-state index contributed by atoms with van der Waals surface area (Å²) in [6, 6.07) is 14.4. The fourth-order valence-corrected chi connectivity index (χ4v) is 2.28. The third-order valence-corrected chi connectivity index (χ3v) is 3.53. The molecule has 3 heteroatoms. The summed E-state index contributed by atoms with van der Waals surface area (Å²) >= 11 is 0. The smallest absolute Gasteiger partial charge is 0.225 e. The van der Waals surface area contributed by atoms with Crippen molar-refractivity contribution in [3.05, 3.63) is 71.0 Å². The minimum atomic E-state index is -0.337. The van der Waals surface area contributed by atoms with E-state index >= 15 is 0 Å². The Morgan fingerprint density at radius 3 is 2.43 bits per heavy atom. The largest absolute Gasteiger partial charge is 0.349 e. The number of hydrogen-bond donors (Lipinski definition) is 1. The van der Waals surface area contributed by atoms with E-state index in [2.05, 4.69) is 5.32 Å². The van der Waals surface area contributed by atoms with Crippen LogP contribution in [0.3, 0.4) is 0 Å². The van der Waals surface area contributed by atoms with Gasteiger partial charge >= 0.3 is 0 Å². The van der Waals surface area contributed by atoms with Crippen molar-refractivity contribution in [1.29, 1.82) is 0 Å². The Morgan fingerprint density at radius 1 is 1.14 bits per heavy atom. The summed E-state index contributed by atoms with van der Waals surface area (Å²) in [7, 11) is 0. The molecule has 2 rings (SSSR count). The van der Waals surface area contributed by atoms with Gasteiger partial charge in [-0.25, -0.2) is 4.39 Å². The highest BCUT2D eigenvalue weighted by Crippen LogP contribution is 2.17. The number of rotatable bonds is 5. The normalized spacial score (nSPS) is 12.0. The summed E-state index contributed by atoms with van der Waals surface area (Å²) in [4.78, 5) is 12.1. The third-order valence-electron chi connectivity index (χ3n) is 3.53. The van der Waals surface area contributed by atoms with Crippen LogP contribution >= 0.6 is 0 Å². The Morgan fingerprint density at radius 2 is 1.81 bits per heavy atom. The number of benzene rings is 2. The molecule has 0 spiro atoms. The zero-order chi connectivity index (χ0) is 15.2. The zero-order valence-corrected chi connectivity index (χ0v) is 12.4. The molecule has 0 heterocycles. The van der Waals surface area contributed by atoms with Gasteiger partial charge in [0.15, 0.2) is 0 Å². The van der Waals surface area contributed by atoms with Gasteiger partial charge in [-0.05, 0) is 30.5 Å². The van der Waals surface area contributed by atoms with Crippen molar-refractivity contribution in [2.45, 2.75) is 32.7 Å². The lowest BCUT2D eigenvalue weighted by Gasteiger charge is -2.18. The van der Waals surface area contributed by atoms with Crippen LogP contribution in [-0.4, -0.2) is 5.91 Å². The maximum absolute atomic E-state index is 13.6. The van der Waals surface area contributed by atoms with E-state index in [1.165, 1.54) is 11.6 Å². The zero-order valence-electron chi connectivity index (χ0n) is 12.4. The molecule has 0 aliphatic heterocycles. The highest BCUT2D eigenvalue weighted by atomic mass is 19.1. The lowest BCUT2D eigenvalue weighted by Crippen LogP contribution is -2.29.